The van der Waals surface area contributed by atoms with Gasteiger partial charge in [0, 0.05) is 5.52 Å². The minimum absolute atomic E-state index is 0.247. The zero-order chi connectivity index (χ0) is 14.7. The fraction of sp³-hybridized carbons (Fsp3) is 0. The third-order valence-electron chi connectivity index (χ3n) is 2.90. The molecule has 104 valence electrons. The molecule has 2 heterocycles. The molecule has 0 aliphatic carbocycles. The van der Waals surface area contributed by atoms with Gasteiger partial charge in [-0.05, 0) is 29.0 Å². The number of rotatable bonds is 3. The van der Waals surface area contributed by atoms with Gasteiger partial charge in [-0.15, -0.1) is 11.3 Å². The van der Waals surface area contributed by atoms with Crippen LogP contribution in [0.1, 0.15) is 15.2 Å². The number of nitrogens with one attached hydrogen (secondary N) is 2. The summed E-state index contributed by atoms with van der Waals surface area (Å²) in [7, 11) is 0. The standard InChI is InChI=1S/C15H11N3O2S/c19-14-11(8-10-4-1-2-5-12(10)17-14)9-16-18-15(20)13-6-3-7-21-13/h1-9H,(H,17,19)(H,18,20). The molecule has 0 unspecified atom stereocenters. The van der Waals surface area contributed by atoms with Gasteiger partial charge in [0.25, 0.3) is 11.5 Å². The lowest BCUT2D eigenvalue weighted by atomic mass is 10.2. The second-order valence-electron chi connectivity index (χ2n) is 4.32. The highest BCUT2D eigenvalue weighted by molar-refractivity contribution is 7.12. The van der Waals surface area contributed by atoms with Crippen molar-refractivity contribution in [2.45, 2.75) is 0 Å². The third kappa shape index (κ3) is 2.90. The van der Waals surface area contributed by atoms with Crippen molar-refractivity contribution in [2.24, 2.45) is 5.10 Å². The average Bonchev–Trinajstić information content (AvgIpc) is 3.02. The van der Waals surface area contributed by atoms with Crippen molar-refractivity contribution in [1.29, 1.82) is 0 Å². The average molecular weight is 297 g/mol. The smallest absolute Gasteiger partial charge is 0.281 e. The molecule has 0 saturated heterocycles. The van der Waals surface area contributed by atoms with E-state index in [1.165, 1.54) is 17.6 Å². The number of thiophene rings is 1. The summed E-state index contributed by atoms with van der Waals surface area (Å²) in [6, 6.07) is 12.7. The first-order valence-electron chi connectivity index (χ1n) is 6.23. The summed E-state index contributed by atoms with van der Waals surface area (Å²) in [5, 5.41) is 6.55. The van der Waals surface area contributed by atoms with E-state index in [4.69, 9.17) is 0 Å². The number of hydrazone groups is 1. The number of carbonyl (C=O) groups excluding carboxylic acids is 1. The summed E-state index contributed by atoms with van der Waals surface area (Å²) in [5.41, 5.74) is 3.30. The topological polar surface area (TPSA) is 74.3 Å². The van der Waals surface area contributed by atoms with E-state index in [9.17, 15) is 9.59 Å². The number of H-pyrrole nitrogens is 1. The molecule has 0 aliphatic heterocycles. The molecule has 0 bridgehead atoms. The number of para-hydroxylation sites is 1. The molecule has 21 heavy (non-hydrogen) atoms. The first-order valence-corrected chi connectivity index (χ1v) is 7.11. The van der Waals surface area contributed by atoms with Crippen molar-refractivity contribution in [3.05, 3.63) is 68.6 Å². The van der Waals surface area contributed by atoms with Crippen LogP contribution in [0.3, 0.4) is 0 Å². The Balaban J connectivity index is 1.81. The Bertz CT molecular complexity index is 866. The Kier molecular flexibility index (Phi) is 3.61. The predicted molar refractivity (Wildman–Crippen MR) is 83.9 cm³/mol. The fourth-order valence-corrected chi connectivity index (χ4v) is 2.50. The summed E-state index contributed by atoms with van der Waals surface area (Å²) < 4.78 is 0. The van der Waals surface area contributed by atoms with E-state index >= 15 is 0 Å². The molecule has 0 spiro atoms. The minimum atomic E-state index is -0.293. The normalized spacial score (nSPS) is 11.0. The molecule has 0 aliphatic rings. The predicted octanol–water partition coefficient (Wildman–Crippen LogP) is 2.35. The highest BCUT2D eigenvalue weighted by atomic mass is 32.1. The zero-order valence-corrected chi connectivity index (χ0v) is 11.7. The van der Waals surface area contributed by atoms with Gasteiger partial charge in [-0.25, -0.2) is 5.43 Å². The van der Waals surface area contributed by atoms with Crippen LogP contribution < -0.4 is 11.0 Å². The maximum atomic E-state index is 11.9. The molecule has 3 aromatic rings. The van der Waals surface area contributed by atoms with E-state index in [1.807, 2.05) is 29.6 Å². The van der Waals surface area contributed by atoms with Gasteiger partial charge in [0.15, 0.2) is 0 Å². The van der Waals surface area contributed by atoms with Gasteiger partial charge in [0.1, 0.15) is 0 Å². The SMILES string of the molecule is O=C(NN=Cc1cc2ccccc2[nH]c1=O)c1cccs1. The molecule has 0 fully saturated rings. The number of pyridine rings is 1. The molecule has 1 aromatic carbocycles. The van der Waals surface area contributed by atoms with Crippen molar-refractivity contribution in [2.75, 3.05) is 0 Å². The van der Waals surface area contributed by atoms with Crippen molar-refractivity contribution < 1.29 is 4.79 Å². The van der Waals surface area contributed by atoms with Gasteiger partial charge in [-0.1, -0.05) is 24.3 Å². The Morgan fingerprint density at radius 3 is 2.90 bits per heavy atom. The second kappa shape index (κ2) is 5.72. The monoisotopic (exact) mass is 297 g/mol. The summed E-state index contributed by atoms with van der Waals surface area (Å²) in [6.07, 6.45) is 1.34. The Morgan fingerprint density at radius 1 is 1.24 bits per heavy atom. The Morgan fingerprint density at radius 2 is 2.10 bits per heavy atom. The summed E-state index contributed by atoms with van der Waals surface area (Å²) in [5.74, 6) is -0.293. The minimum Gasteiger partial charge on any atom is -0.321 e. The van der Waals surface area contributed by atoms with Gasteiger partial charge < -0.3 is 4.98 Å². The van der Waals surface area contributed by atoms with Gasteiger partial charge in [0.2, 0.25) is 0 Å². The van der Waals surface area contributed by atoms with Crippen LogP contribution in [-0.2, 0) is 0 Å². The van der Waals surface area contributed by atoms with Crippen LogP contribution in [0.5, 0.6) is 0 Å². The van der Waals surface area contributed by atoms with Gasteiger partial charge in [0.05, 0.1) is 16.7 Å². The van der Waals surface area contributed by atoms with Crippen molar-refractivity contribution >= 4 is 34.4 Å². The molecular formula is C15H11N3O2S. The largest absolute Gasteiger partial charge is 0.321 e. The maximum Gasteiger partial charge on any atom is 0.281 e. The molecule has 2 N–H and O–H groups in total. The van der Waals surface area contributed by atoms with E-state index in [1.54, 1.807) is 18.2 Å². The van der Waals surface area contributed by atoms with Crippen LogP contribution in [0.2, 0.25) is 0 Å². The van der Waals surface area contributed by atoms with E-state index in [0.29, 0.717) is 10.4 Å². The molecule has 0 saturated carbocycles. The Labute approximate surface area is 123 Å². The van der Waals surface area contributed by atoms with Gasteiger partial charge in [-0.3, -0.25) is 9.59 Å². The lowest BCUT2D eigenvalue weighted by molar-refractivity contribution is 0.0959. The maximum absolute atomic E-state index is 11.9. The van der Waals surface area contributed by atoms with Crippen molar-refractivity contribution in [3.63, 3.8) is 0 Å². The number of hydrogen-bond acceptors (Lipinski definition) is 4. The van der Waals surface area contributed by atoms with Crippen LogP contribution in [0, 0.1) is 0 Å². The fourth-order valence-electron chi connectivity index (χ4n) is 1.88. The summed E-state index contributed by atoms with van der Waals surface area (Å²) in [6.45, 7) is 0. The molecule has 1 amide bonds. The van der Waals surface area contributed by atoms with E-state index < -0.39 is 0 Å². The molecule has 0 radical (unpaired) electrons. The van der Waals surface area contributed by atoms with Crippen LogP contribution in [-0.4, -0.2) is 17.1 Å². The number of amides is 1. The first kappa shape index (κ1) is 13.3. The summed E-state index contributed by atoms with van der Waals surface area (Å²) in [4.78, 5) is 26.9. The van der Waals surface area contributed by atoms with Crippen molar-refractivity contribution in [1.82, 2.24) is 10.4 Å². The quantitative estimate of drug-likeness (QED) is 0.575. The number of hydrogen-bond donors (Lipinski definition) is 2. The highest BCUT2D eigenvalue weighted by Crippen LogP contribution is 2.09. The number of aromatic amines is 1. The molecule has 0 atom stereocenters. The third-order valence-corrected chi connectivity index (χ3v) is 3.77. The van der Waals surface area contributed by atoms with E-state index in [-0.39, 0.29) is 11.5 Å². The van der Waals surface area contributed by atoms with Crippen LogP contribution in [0.4, 0.5) is 0 Å². The lowest BCUT2D eigenvalue weighted by Crippen LogP contribution is -2.18. The molecular weight excluding hydrogens is 286 g/mol. The molecule has 3 rings (SSSR count). The van der Waals surface area contributed by atoms with Crippen LogP contribution >= 0.6 is 11.3 Å². The number of carbonyl (C=O) groups is 1. The highest BCUT2D eigenvalue weighted by Gasteiger charge is 2.04. The first-order chi connectivity index (χ1) is 10.2. The number of benzene rings is 1. The number of nitrogens with zero attached hydrogens (tertiary/aromatic N) is 1. The van der Waals surface area contributed by atoms with Gasteiger partial charge in [-0.2, -0.15) is 5.10 Å². The van der Waals surface area contributed by atoms with E-state index in [2.05, 4.69) is 15.5 Å². The summed E-state index contributed by atoms with van der Waals surface area (Å²) >= 11 is 1.33. The lowest BCUT2D eigenvalue weighted by Gasteiger charge is -1.99. The van der Waals surface area contributed by atoms with Gasteiger partial charge >= 0.3 is 0 Å². The number of fused-ring (bicyclic) bond motifs is 1. The van der Waals surface area contributed by atoms with Crippen LogP contribution in [0.15, 0.2) is 57.7 Å². The molecule has 2 aromatic heterocycles. The molecule has 6 heteroatoms. The zero-order valence-electron chi connectivity index (χ0n) is 10.9. The molecule has 5 nitrogen and oxygen atoms in total. The number of aromatic nitrogens is 1. The second-order valence-corrected chi connectivity index (χ2v) is 5.27. The van der Waals surface area contributed by atoms with Crippen molar-refractivity contribution in [3.8, 4) is 0 Å². The van der Waals surface area contributed by atoms with Crippen LogP contribution in [0.25, 0.3) is 10.9 Å². The van der Waals surface area contributed by atoms with E-state index in [0.717, 1.165) is 10.9 Å². The Hall–Kier alpha value is -2.73.